The molecule has 0 aliphatic carbocycles. The molecule has 64 valence electrons. The van der Waals surface area contributed by atoms with E-state index in [1.165, 1.54) is 0 Å². The van der Waals surface area contributed by atoms with Gasteiger partial charge in [-0.15, -0.1) is 11.6 Å². The van der Waals surface area contributed by atoms with Gasteiger partial charge in [-0.05, 0) is 18.2 Å². The molecule has 0 amide bonds. The number of hydrogen-bond donors (Lipinski definition) is 0. The molecule has 1 heterocycles. The van der Waals surface area contributed by atoms with E-state index in [1.807, 2.05) is 0 Å². The van der Waals surface area contributed by atoms with Crippen molar-refractivity contribution in [2.75, 3.05) is 0 Å². The molecule has 0 N–H and O–H groups in total. The highest BCUT2D eigenvalue weighted by atomic mass is 35.5. The molecule has 1 aromatic rings. The van der Waals surface area contributed by atoms with E-state index < -0.39 is 11.7 Å². The van der Waals surface area contributed by atoms with Crippen molar-refractivity contribution >= 4 is 23.2 Å². The predicted octanol–water partition coefficient (Wildman–Crippen LogP) is 3.31. The van der Waals surface area contributed by atoms with Gasteiger partial charge in [0.25, 0.3) is 6.36 Å². The lowest BCUT2D eigenvalue weighted by Gasteiger charge is -2.00. The monoisotopic (exact) mass is 206 g/mol. The zero-order chi connectivity index (χ0) is 8.72. The molecule has 0 aromatic heterocycles. The van der Waals surface area contributed by atoms with Gasteiger partial charge in [-0.1, -0.05) is 11.6 Å². The van der Waals surface area contributed by atoms with E-state index in [9.17, 15) is 4.39 Å². The number of halogens is 3. The van der Waals surface area contributed by atoms with E-state index in [1.54, 1.807) is 18.2 Å². The lowest BCUT2D eigenvalue weighted by molar-refractivity contribution is 0.0869. The Morgan fingerprint density at radius 3 is 2.92 bits per heavy atom. The fourth-order valence-electron chi connectivity index (χ4n) is 1.16. The van der Waals surface area contributed by atoms with Crippen molar-refractivity contribution in [2.45, 2.75) is 11.7 Å². The van der Waals surface area contributed by atoms with E-state index in [0.717, 1.165) is 0 Å². The summed E-state index contributed by atoms with van der Waals surface area (Å²) in [5, 5.41) is -0.198. The smallest absolute Gasteiger partial charge is 0.258 e. The van der Waals surface area contributed by atoms with Crippen LogP contribution in [-0.2, 0) is 0 Å². The van der Waals surface area contributed by atoms with Crippen molar-refractivity contribution in [1.29, 1.82) is 0 Å². The Hall–Kier alpha value is -0.470. The molecule has 0 fully saturated rings. The molecule has 2 atom stereocenters. The van der Waals surface area contributed by atoms with Crippen LogP contribution in [0.4, 0.5) is 4.39 Å². The lowest BCUT2D eigenvalue weighted by Crippen LogP contribution is -2.06. The van der Waals surface area contributed by atoms with Crippen molar-refractivity contribution in [3.63, 3.8) is 0 Å². The second-order valence-electron chi connectivity index (χ2n) is 2.55. The average molecular weight is 207 g/mol. The fourth-order valence-corrected chi connectivity index (χ4v) is 1.57. The van der Waals surface area contributed by atoms with E-state index in [-0.39, 0.29) is 0 Å². The molecule has 0 unspecified atom stereocenters. The fraction of sp³-hybridized carbons (Fsp3) is 0.250. The summed E-state index contributed by atoms with van der Waals surface area (Å²) in [7, 11) is 0. The summed E-state index contributed by atoms with van der Waals surface area (Å²) < 4.78 is 17.7. The third-order valence-corrected chi connectivity index (χ3v) is 2.41. The number of benzene rings is 1. The molecule has 1 nitrogen and oxygen atoms in total. The van der Waals surface area contributed by atoms with Crippen LogP contribution in [0.3, 0.4) is 0 Å². The number of ether oxygens (including phenoxy) is 1. The maximum atomic E-state index is 12.8. The minimum atomic E-state index is -1.46. The van der Waals surface area contributed by atoms with Crippen molar-refractivity contribution in [1.82, 2.24) is 0 Å². The van der Waals surface area contributed by atoms with Gasteiger partial charge in [0.05, 0.1) is 0 Å². The summed E-state index contributed by atoms with van der Waals surface area (Å²) >= 11 is 11.4. The summed E-state index contributed by atoms with van der Waals surface area (Å²) in [4.78, 5) is 0. The van der Waals surface area contributed by atoms with Crippen molar-refractivity contribution in [2.24, 2.45) is 0 Å². The molecule has 1 aliphatic heterocycles. The molecule has 0 saturated heterocycles. The Labute approximate surface area is 79.0 Å². The SMILES string of the molecule is F[C@@H]1Oc2ccc(Cl)cc2[C@@H]1Cl. The van der Waals surface area contributed by atoms with Crippen molar-refractivity contribution in [3.8, 4) is 5.75 Å². The van der Waals surface area contributed by atoms with Crippen LogP contribution in [0, 0.1) is 0 Å². The van der Waals surface area contributed by atoms with Crippen LogP contribution in [0.25, 0.3) is 0 Å². The van der Waals surface area contributed by atoms with Gasteiger partial charge in [0.2, 0.25) is 0 Å². The first-order chi connectivity index (χ1) is 5.68. The Morgan fingerprint density at radius 1 is 1.42 bits per heavy atom. The van der Waals surface area contributed by atoms with Crippen LogP contribution in [0.2, 0.25) is 5.02 Å². The Bertz CT molecular complexity index is 316. The van der Waals surface area contributed by atoms with Gasteiger partial charge in [0.1, 0.15) is 11.1 Å². The maximum Gasteiger partial charge on any atom is 0.258 e. The molecule has 4 heteroatoms. The third kappa shape index (κ3) is 1.15. The molecule has 0 saturated carbocycles. The molecule has 1 aliphatic rings. The predicted molar refractivity (Wildman–Crippen MR) is 45.6 cm³/mol. The second kappa shape index (κ2) is 2.79. The molecular formula is C8H5Cl2FO. The molecule has 0 spiro atoms. The molecule has 2 rings (SSSR count). The van der Waals surface area contributed by atoms with E-state index in [4.69, 9.17) is 27.9 Å². The van der Waals surface area contributed by atoms with E-state index in [0.29, 0.717) is 16.3 Å². The van der Waals surface area contributed by atoms with Crippen LogP contribution >= 0.6 is 23.2 Å². The third-order valence-electron chi connectivity index (χ3n) is 1.74. The topological polar surface area (TPSA) is 9.23 Å². The zero-order valence-electron chi connectivity index (χ0n) is 5.93. The van der Waals surface area contributed by atoms with Gasteiger partial charge in [0, 0.05) is 10.6 Å². The number of hydrogen-bond acceptors (Lipinski definition) is 1. The van der Waals surface area contributed by atoms with Crippen LogP contribution in [0.5, 0.6) is 5.75 Å². The minimum Gasteiger partial charge on any atom is -0.458 e. The summed E-state index contributed by atoms with van der Waals surface area (Å²) in [5.41, 5.74) is 0.622. The average Bonchev–Trinajstić information content (AvgIpc) is 2.31. The first-order valence-corrected chi connectivity index (χ1v) is 4.24. The van der Waals surface area contributed by atoms with E-state index in [2.05, 4.69) is 0 Å². The van der Waals surface area contributed by atoms with Crippen LogP contribution in [0.1, 0.15) is 10.9 Å². The summed E-state index contributed by atoms with van der Waals surface area (Å²) in [6, 6.07) is 4.88. The normalized spacial score (nSPS) is 26.6. The molecule has 12 heavy (non-hydrogen) atoms. The van der Waals surface area contributed by atoms with Gasteiger partial charge >= 0.3 is 0 Å². The summed E-state index contributed by atoms with van der Waals surface area (Å²) in [5.74, 6) is 0.479. The van der Waals surface area contributed by atoms with Crippen LogP contribution < -0.4 is 4.74 Å². The summed E-state index contributed by atoms with van der Waals surface area (Å²) in [6.07, 6.45) is -1.46. The summed E-state index contributed by atoms with van der Waals surface area (Å²) in [6.45, 7) is 0. The van der Waals surface area contributed by atoms with E-state index >= 15 is 0 Å². The minimum absolute atomic E-state index is 0.479. The van der Waals surface area contributed by atoms with Gasteiger partial charge in [0.15, 0.2) is 0 Å². The van der Waals surface area contributed by atoms with Gasteiger partial charge < -0.3 is 4.74 Å². The lowest BCUT2D eigenvalue weighted by atomic mass is 10.2. The second-order valence-corrected chi connectivity index (χ2v) is 3.46. The highest BCUT2D eigenvalue weighted by Crippen LogP contribution is 2.42. The van der Waals surface area contributed by atoms with Crippen LogP contribution in [0.15, 0.2) is 18.2 Å². The number of rotatable bonds is 0. The first-order valence-electron chi connectivity index (χ1n) is 3.43. The zero-order valence-corrected chi connectivity index (χ0v) is 7.44. The largest absolute Gasteiger partial charge is 0.458 e. The van der Waals surface area contributed by atoms with Crippen molar-refractivity contribution in [3.05, 3.63) is 28.8 Å². The number of fused-ring (bicyclic) bond motifs is 1. The molecule has 1 aromatic carbocycles. The van der Waals surface area contributed by atoms with Gasteiger partial charge in [-0.3, -0.25) is 0 Å². The Morgan fingerprint density at radius 2 is 2.17 bits per heavy atom. The van der Waals surface area contributed by atoms with Crippen molar-refractivity contribution < 1.29 is 9.13 Å². The molecule has 0 bridgehead atoms. The molecular weight excluding hydrogens is 202 g/mol. The Balaban J connectivity index is 2.48. The highest BCUT2D eigenvalue weighted by molar-refractivity contribution is 6.31. The highest BCUT2D eigenvalue weighted by Gasteiger charge is 2.32. The standard InChI is InChI=1S/C8H5Cl2FO/c9-4-1-2-6-5(3-4)7(10)8(11)12-6/h1-3,7-8H/t7-,8+/m0/s1. The quantitative estimate of drug-likeness (QED) is 0.593. The molecule has 0 radical (unpaired) electrons. The van der Waals surface area contributed by atoms with Gasteiger partial charge in [-0.25, -0.2) is 0 Å². The maximum absolute atomic E-state index is 12.8. The van der Waals surface area contributed by atoms with Gasteiger partial charge in [-0.2, -0.15) is 4.39 Å². The van der Waals surface area contributed by atoms with Crippen LogP contribution in [-0.4, -0.2) is 6.36 Å². The first kappa shape index (κ1) is 8.14. The number of alkyl halides is 2. The Kier molecular flexibility index (Phi) is 1.89.